The molecule has 0 fully saturated rings. The molecule has 0 amide bonds. The lowest BCUT2D eigenvalue weighted by atomic mass is 9.96. The van der Waals surface area contributed by atoms with Crippen LogP contribution in [0.2, 0.25) is 0 Å². The largest absolute Gasteiger partial charge is 0.481 e. The third-order valence-electron chi connectivity index (χ3n) is 4.56. The Hall–Kier alpha value is -2.58. The number of carbonyl (C=O) groups excluding carboxylic acids is 1. The van der Waals surface area contributed by atoms with Gasteiger partial charge in [-0.25, -0.2) is 4.79 Å². The summed E-state index contributed by atoms with van der Waals surface area (Å²) in [7, 11) is 0. The van der Waals surface area contributed by atoms with E-state index in [-0.39, 0.29) is 6.08 Å². The summed E-state index contributed by atoms with van der Waals surface area (Å²) in [5.41, 5.74) is -1.63. The number of halogens is 18. The summed E-state index contributed by atoms with van der Waals surface area (Å²) in [6, 6.07) is 0. The molecule has 0 radical (unpaired) electrons. The van der Waals surface area contributed by atoms with Crippen molar-refractivity contribution in [2.45, 2.75) is 73.6 Å². The average Bonchev–Trinajstić information content (AvgIpc) is 2.70. The van der Waals surface area contributed by atoms with Crippen LogP contribution in [0.5, 0.6) is 0 Å². The van der Waals surface area contributed by atoms with Gasteiger partial charge < -0.3 is 9.84 Å². The molecule has 0 saturated carbocycles. The zero-order valence-electron chi connectivity index (χ0n) is 18.1. The molecule has 39 heavy (non-hydrogen) atoms. The highest BCUT2D eigenvalue weighted by atomic mass is 19.4. The maximum Gasteiger partial charge on any atom is 0.460 e. The highest BCUT2D eigenvalue weighted by molar-refractivity contribution is 5.89. The topological polar surface area (TPSA) is 63.6 Å². The molecule has 4 nitrogen and oxygen atoms in total. The minimum atomic E-state index is -7.36. The van der Waals surface area contributed by atoms with Crippen LogP contribution in [0.15, 0.2) is 11.6 Å². The SMILES string of the molecule is O=C(O)CC=C(CCC(F)(F)C(F)(F)C(F)(F)C(F)(F)F)C(=O)OCCC(F)(F)C(F)(F)C(F)(F)C(F)(F)F. The molecule has 0 aliphatic heterocycles. The van der Waals surface area contributed by atoms with E-state index in [0.717, 1.165) is 0 Å². The van der Waals surface area contributed by atoms with Crippen LogP contribution in [0.1, 0.15) is 25.7 Å². The monoisotopic (exact) mass is 622 g/mol. The molecule has 0 aliphatic rings. The predicted octanol–water partition coefficient (Wildman–Crippen LogP) is 7.04. The standard InChI is InChI=1S/C17H12F18O4/c18-10(19,12(22,23)14(26,27)16(30,31)32)4-3-7(1-2-8(36)37)9(38)39-6-5-11(20,21)13(24,25)15(28,29)17(33,34)35/h1H,2-6H2,(H,36,37). The number of hydrogen-bond acceptors (Lipinski definition) is 3. The Morgan fingerprint density at radius 3 is 1.28 bits per heavy atom. The molecule has 0 bridgehead atoms. The number of carboxylic acids is 1. The van der Waals surface area contributed by atoms with E-state index in [1.54, 1.807) is 0 Å². The van der Waals surface area contributed by atoms with E-state index in [4.69, 9.17) is 5.11 Å². The van der Waals surface area contributed by atoms with Crippen molar-refractivity contribution in [2.75, 3.05) is 6.61 Å². The van der Waals surface area contributed by atoms with Gasteiger partial charge in [-0.15, -0.1) is 0 Å². The Morgan fingerprint density at radius 1 is 0.590 bits per heavy atom. The minimum Gasteiger partial charge on any atom is -0.481 e. The third kappa shape index (κ3) is 7.34. The molecule has 0 unspecified atom stereocenters. The van der Waals surface area contributed by atoms with E-state index < -0.39 is 97.7 Å². The fraction of sp³-hybridized carbons (Fsp3) is 0.765. The van der Waals surface area contributed by atoms with Crippen molar-refractivity contribution in [1.29, 1.82) is 0 Å². The van der Waals surface area contributed by atoms with E-state index in [9.17, 15) is 88.6 Å². The fourth-order valence-corrected chi connectivity index (χ4v) is 2.28. The van der Waals surface area contributed by atoms with Crippen LogP contribution in [0.3, 0.4) is 0 Å². The first kappa shape index (κ1) is 36.4. The second-order valence-electron chi connectivity index (χ2n) is 7.42. The molecular formula is C17H12F18O4. The molecule has 0 aromatic heterocycles. The maximum absolute atomic E-state index is 13.6. The number of alkyl halides is 18. The van der Waals surface area contributed by atoms with Gasteiger partial charge in [-0.3, -0.25) is 4.79 Å². The summed E-state index contributed by atoms with van der Waals surface area (Å²) in [6.45, 7) is -2.22. The first-order valence-corrected chi connectivity index (χ1v) is 9.39. The lowest BCUT2D eigenvalue weighted by Crippen LogP contribution is -2.61. The number of esters is 1. The van der Waals surface area contributed by atoms with Crippen molar-refractivity contribution in [1.82, 2.24) is 0 Å². The predicted molar refractivity (Wildman–Crippen MR) is 86.9 cm³/mol. The molecule has 0 rings (SSSR count). The molecule has 0 saturated heterocycles. The second kappa shape index (κ2) is 11.1. The van der Waals surface area contributed by atoms with E-state index in [0.29, 0.717) is 0 Å². The van der Waals surface area contributed by atoms with Crippen LogP contribution >= 0.6 is 0 Å². The Kier molecular flexibility index (Phi) is 10.4. The number of rotatable bonds is 13. The van der Waals surface area contributed by atoms with Crippen LogP contribution in [-0.2, 0) is 14.3 Å². The molecule has 0 atom stereocenters. The number of aliphatic carboxylic acids is 1. The van der Waals surface area contributed by atoms with Crippen molar-refractivity contribution in [3.63, 3.8) is 0 Å². The van der Waals surface area contributed by atoms with Crippen molar-refractivity contribution in [2.24, 2.45) is 0 Å². The van der Waals surface area contributed by atoms with Crippen molar-refractivity contribution < 1.29 is 98.5 Å². The molecule has 0 aromatic rings. The Bertz CT molecular complexity index is 916. The summed E-state index contributed by atoms with van der Waals surface area (Å²) in [6.07, 6.45) is -23.6. The molecule has 0 aromatic carbocycles. The lowest BCUT2D eigenvalue weighted by Gasteiger charge is -2.34. The summed E-state index contributed by atoms with van der Waals surface area (Å²) >= 11 is 0. The smallest absolute Gasteiger partial charge is 0.460 e. The zero-order valence-corrected chi connectivity index (χ0v) is 18.1. The highest BCUT2D eigenvalue weighted by Crippen LogP contribution is 2.55. The molecule has 22 heteroatoms. The average molecular weight is 622 g/mol. The van der Waals surface area contributed by atoms with Crippen LogP contribution in [0.4, 0.5) is 79.0 Å². The molecular weight excluding hydrogens is 610 g/mol. The Labute approximate surface area is 203 Å². The van der Waals surface area contributed by atoms with Gasteiger partial charge in [0.15, 0.2) is 0 Å². The summed E-state index contributed by atoms with van der Waals surface area (Å²) in [4.78, 5) is 22.3. The van der Waals surface area contributed by atoms with Gasteiger partial charge in [-0.1, -0.05) is 6.08 Å². The first-order valence-electron chi connectivity index (χ1n) is 9.39. The second-order valence-corrected chi connectivity index (χ2v) is 7.42. The molecule has 0 aliphatic carbocycles. The van der Waals surface area contributed by atoms with E-state index in [1.807, 2.05) is 0 Å². The third-order valence-corrected chi connectivity index (χ3v) is 4.56. The number of carboxylic acid groups (broad SMARTS) is 1. The number of carbonyl (C=O) groups is 2. The minimum absolute atomic E-state index is 0.0364. The lowest BCUT2D eigenvalue weighted by molar-refractivity contribution is -0.397. The first-order chi connectivity index (χ1) is 16.9. The van der Waals surface area contributed by atoms with Crippen LogP contribution < -0.4 is 0 Å². The van der Waals surface area contributed by atoms with E-state index >= 15 is 0 Å². The van der Waals surface area contributed by atoms with Crippen molar-refractivity contribution in [3.8, 4) is 0 Å². The van der Waals surface area contributed by atoms with Crippen LogP contribution in [-0.4, -0.2) is 71.5 Å². The molecule has 0 spiro atoms. The maximum atomic E-state index is 13.6. The van der Waals surface area contributed by atoms with Gasteiger partial charge in [-0.2, -0.15) is 79.0 Å². The van der Waals surface area contributed by atoms with Crippen molar-refractivity contribution in [3.05, 3.63) is 11.6 Å². The van der Waals surface area contributed by atoms with Gasteiger partial charge in [0.05, 0.1) is 19.4 Å². The normalized spacial score (nSPS) is 15.4. The molecule has 1 N–H and O–H groups in total. The molecule has 230 valence electrons. The quantitative estimate of drug-likeness (QED) is 0.136. The summed E-state index contributed by atoms with van der Waals surface area (Å²) in [5.74, 6) is -46.0. The highest BCUT2D eigenvalue weighted by Gasteiger charge is 2.82. The number of ether oxygens (including phenoxy) is 1. The van der Waals surface area contributed by atoms with Gasteiger partial charge in [0.1, 0.15) is 0 Å². The Balaban J connectivity index is 5.77. The number of hydrogen-bond donors (Lipinski definition) is 1. The van der Waals surface area contributed by atoms with Gasteiger partial charge in [0.2, 0.25) is 0 Å². The van der Waals surface area contributed by atoms with Crippen LogP contribution in [0.25, 0.3) is 0 Å². The Morgan fingerprint density at radius 2 is 0.949 bits per heavy atom. The van der Waals surface area contributed by atoms with E-state index in [1.165, 1.54) is 0 Å². The van der Waals surface area contributed by atoms with Gasteiger partial charge in [0.25, 0.3) is 0 Å². The van der Waals surface area contributed by atoms with Gasteiger partial charge in [-0.05, 0) is 6.42 Å². The summed E-state index contributed by atoms with van der Waals surface area (Å²) in [5, 5.41) is 8.48. The molecule has 0 heterocycles. The summed E-state index contributed by atoms with van der Waals surface area (Å²) < 4.78 is 235. The van der Waals surface area contributed by atoms with Crippen molar-refractivity contribution >= 4 is 11.9 Å². The fourth-order valence-electron chi connectivity index (χ4n) is 2.28. The van der Waals surface area contributed by atoms with E-state index in [2.05, 4.69) is 4.74 Å². The van der Waals surface area contributed by atoms with Gasteiger partial charge in [0, 0.05) is 12.0 Å². The van der Waals surface area contributed by atoms with Crippen LogP contribution in [0, 0.1) is 0 Å². The zero-order chi connectivity index (χ0) is 31.7. The van der Waals surface area contributed by atoms with Gasteiger partial charge >= 0.3 is 59.8 Å².